The van der Waals surface area contributed by atoms with Crippen LogP contribution < -0.4 is 5.32 Å². The molecule has 3 rings (SSSR count). The van der Waals surface area contributed by atoms with Crippen molar-refractivity contribution < 1.29 is 29.0 Å². The number of carbonyl (C=O) groups is 3. The Morgan fingerprint density at radius 3 is 2.19 bits per heavy atom. The highest BCUT2D eigenvalue weighted by Crippen LogP contribution is 2.44. The Labute approximate surface area is 180 Å². The number of hydrogen-bond donors (Lipinski definition) is 2. The van der Waals surface area contributed by atoms with Crippen LogP contribution in [0.2, 0.25) is 0 Å². The summed E-state index contributed by atoms with van der Waals surface area (Å²) in [5, 5.41) is 11.5. The Morgan fingerprint density at radius 1 is 1.06 bits per heavy atom. The van der Waals surface area contributed by atoms with Gasteiger partial charge in [-0.25, -0.2) is 4.79 Å². The number of nitrogens with zero attached hydrogens (tertiary/aromatic N) is 1. The van der Waals surface area contributed by atoms with Crippen molar-refractivity contribution in [3.8, 4) is 11.1 Å². The first-order chi connectivity index (χ1) is 14.9. The van der Waals surface area contributed by atoms with Gasteiger partial charge >= 0.3 is 12.1 Å². The molecule has 164 valence electrons. The van der Waals surface area contributed by atoms with E-state index in [1.54, 1.807) is 0 Å². The first-order valence-electron chi connectivity index (χ1n) is 9.99. The number of carboxylic acid groups (broad SMARTS) is 1. The number of likely N-dealkylation sites (N-methyl/N-ethyl adjacent to an activating group) is 1. The third-order valence-electron chi connectivity index (χ3n) is 5.29. The summed E-state index contributed by atoms with van der Waals surface area (Å²) in [5.74, 6) is -1.75. The van der Waals surface area contributed by atoms with E-state index >= 15 is 0 Å². The molecule has 0 saturated carbocycles. The molecule has 0 bridgehead atoms. The van der Waals surface area contributed by atoms with Gasteiger partial charge in [-0.15, -0.1) is 0 Å². The SMILES string of the molecule is COCCC(NC(=O)OCC1c2ccccc2-c2ccccc21)C(=O)N(C)CC(=O)O. The lowest BCUT2D eigenvalue weighted by molar-refractivity contribution is -0.144. The summed E-state index contributed by atoms with van der Waals surface area (Å²) < 4.78 is 10.5. The van der Waals surface area contributed by atoms with Crippen LogP contribution in [0.4, 0.5) is 4.79 Å². The minimum Gasteiger partial charge on any atom is -0.480 e. The minimum absolute atomic E-state index is 0.0963. The number of carbonyl (C=O) groups excluding carboxylic acids is 2. The summed E-state index contributed by atoms with van der Waals surface area (Å²) in [6, 6.07) is 15.1. The maximum Gasteiger partial charge on any atom is 0.407 e. The number of nitrogens with one attached hydrogen (secondary N) is 1. The molecule has 2 aromatic rings. The van der Waals surface area contributed by atoms with Gasteiger partial charge in [0.1, 0.15) is 19.2 Å². The van der Waals surface area contributed by atoms with E-state index in [1.165, 1.54) is 14.2 Å². The van der Waals surface area contributed by atoms with Crippen LogP contribution in [0.25, 0.3) is 11.1 Å². The zero-order chi connectivity index (χ0) is 22.4. The molecule has 1 aliphatic rings. The molecule has 31 heavy (non-hydrogen) atoms. The maximum atomic E-state index is 12.5. The average Bonchev–Trinajstić information content (AvgIpc) is 3.08. The van der Waals surface area contributed by atoms with Crippen molar-refractivity contribution in [2.24, 2.45) is 0 Å². The number of aliphatic carboxylic acids is 1. The number of methoxy groups -OCH3 is 1. The van der Waals surface area contributed by atoms with Crippen molar-refractivity contribution in [1.29, 1.82) is 0 Å². The lowest BCUT2D eigenvalue weighted by Crippen LogP contribution is -2.49. The average molecular weight is 426 g/mol. The van der Waals surface area contributed by atoms with Crippen LogP contribution in [0.15, 0.2) is 48.5 Å². The molecule has 0 saturated heterocycles. The van der Waals surface area contributed by atoms with Crippen LogP contribution in [0.5, 0.6) is 0 Å². The predicted octanol–water partition coefficient (Wildman–Crippen LogP) is 2.47. The molecule has 0 aromatic heterocycles. The van der Waals surface area contributed by atoms with Gasteiger partial charge in [0, 0.05) is 33.1 Å². The molecule has 1 atom stereocenters. The van der Waals surface area contributed by atoms with Gasteiger partial charge in [-0.1, -0.05) is 48.5 Å². The standard InChI is InChI=1S/C23H26N2O6/c1-25(13-21(26)27)22(28)20(11-12-30-2)24-23(29)31-14-19-17-9-5-3-7-15(17)16-8-4-6-10-18(16)19/h3-10,19-20H,11-14H2,1-2H3,(H,24,29)(H,26,27). The smallest absolute Gasteiger partial charge is 0.407 e. The van der Waals surface area contributed by atoms with Crippen LogP contribution in [0.3, 0.4) is 0 Å². The number of carboxylic acids is 1. The van der Waals surface area contributed by atoms with E-state index in [-0.39, 0.29) is 25.6 Å². The van der Waals surface area contributed by atoms with Crippen molar-refractivity contribution in [1.82, 2.24) is 10.2 Å². The molecule has 2 N–H and O–H groups in total. The molecule has 8 nitrogen and oxygen atoms in total. The van der Waals surface area contributed by atoms with E-state index in [1.807, 2.05) is 48.5 Å². The first-order valence-corrected chi connectivity index (χ1v) is 9.99. The van der Waals surface area contributed by atoms with Gasteiger partial charge in [0.25, 0.3) is 0 Å². The maximum absolute atomic E-state index is 12.5. The number of benzene rings is 2. The first kappa shape index (κ1) is 22.3. The van der Waals surface area contributed by atoms with E-state index < -0.39 is 30.6 Å². The molecule has 0 fully saturated rings. The quantitative estimate of drug-likeness (QED) is 0.638. The fourth-order valence-electron chi connectivity index (χ4n) is 3.82. The molecule has 0 radical (unpaired) electrons. The van der Waals surface area contributed by atoms with Gasteiger partial charge in [0.05, 0.1) is 0 Å². The number of hydrogen-bond acceptors (Lipinski definition) is 5. The highest BCUT2D eigenvalue weighted by molar-refractivity contribution is 5.88. The summed E-state index contributed by atoms with van der Waals surface area (Å²) >= 11 is 0. The second kappa shape index (κ2) is 10.1. The van der Waals surface area contributed by atoms with Crippen molar-refractivity contribution in [2.45, 2.75) is 18.4 Å². The van der Waals surface area contributed by atoms with Crippen LogP contribution in [0, 0.1) is 0 Å². The fraction of sp³-hybridized carbons (Fsp3) is 0.348. The molecule has 2 aromatic carbocycles. The molecule has 2 amide bonds. The third-order valence-corrected chi connectivity index (χ3v) is 5.29. The fourth-order valence-corrected chi connectivity index (χ4v) is 3.82. The Balaban J connectivity index is 1.66. The lowest BCUT2D eigenvalue weighted by Gasteiger charge is -2.23. The Morgan fingerprint density at radius 2 is 1.65 bits per heavy atom. The molecular weight excluding hydrogens is 400 g/mol. The number of alkyl carbamates (subject to hydrolysis) is 1. The van der Waals surface area contributed by atoms with Crippen molar-refractivity contribution in [2.75, 3.05) is 33.9 Å². The van der Waals surface area contributed by atoms with E-state index in [0.717, 1.165) is 27.2 Å². The highest BCUT2D eigenvalue weighted by atomic mass is 16.5. The van der Waals surface area contributed by atoms with E-state index in [2.05, 4.69) is 5.32 Å². The molecule has 0 heterocycles. The number of rotatable bonds is 9. The summed E-state index contributed by atoms with van der Waals surface area (Å²) in [4.78, 5) is 37.0. The van der Waals surface area contributed by atoms with Crippen LogP contribution in [-0.4, -0.2) is 67.9 Å². The number of ether oxygens (including phenoxy) is 2. The molecule has 8 heteroatoms. The lowest BCUT2D eigenvalue weighted by atomic mass is 9.98. The normalized spacial score (nSPS) is 13.1. The minimum atomic E-state index is -1.14. The molecule has 0 aliphatic heterocycles. The van der Waals surface area contributed by atoms with Gasteiger partial charge < -0.3 is 24.8 Å². The Kier molecular flexibility index (Phi) is 7.25. The van der Waals surface area contributed by atoms with E-state index in [4.69, 9.17) is 14.6 Å². The van der Waals surface area contributed by atoms with Crippen molar-refractivity contribution >= 4 is 18.0 Å². The monoisotopic (exact) mass is 426 g/mol. The van der Waals surface area contributed by atoms with Crippen molar-refractivity contribution in [3.63, 3.8) is 0 Å². The van der Waals surface area contributed by atoms with Gasteiger partial charge in [0.2, 0.25) is 5.91 Å². The Bertz CT molecular complexity index is 915. The van der Waals surface area contributed by atoms with Gasteiger partial charge in [0.15, 0.2) is 0 Å². The van der Waals surface area contributed by atoms with Gasteiger partial charge in [-0.3, -0.25) is 9.59 Å². The summed E-state index contributed by atoms with van der Waals surface area (Å²) in [6.45, 7) is -0.119. The summed E-state index contributed by atoms with van der Waals surface area (Å²) in [6.07, 6.45) is -0.538. The van der Waals surface area contributed by atoms with E-state index in [9.17, 15) is 14.4 Å². The zero-order valence-corrected chi connectivity index (χ0v) is 17.5. The van der Waals surface area contributed by atoms with Crippen LogP contribution >= 0.6 is 0 Å². The zero-order valence-electron chi connectivity index (χ0n) is 17.5. The summed E-state index contributed by atoms with van der Waals surface area (Å²) in [5.41, 5.74) is 4.42. The van der Waals surface area contributed by atoms with Crippen LogP contribution in [0.1, 0.15) is 23.5 Å². The van der Waals surface area contributed by atoms with E-state index in [0.29, 0.717) is 0 Å². The molecular formula is C23H26N2O6. The molecule has 1 aliphatic carbocycles. The highest BCUT2D eigenvalue weighted by Gasteiger charge is 2.30. The van der Waals surface area contributed by atoms with Crippen LogP contribution in [-0.2, 0) is 19.1 Å². The van der Waals surface area contributed by atoms with Gasteiger partial charge in [-0.2, -0.15) is 0 Å². The van der Waals surface area contributed by atoms with Crippen molar-refractivity contribution in [3.05, 3.63) is 59.7 Å². The second-order valence-corrected chi connectivity index (χ2v) is 7.39. The molecule has 0 spiro atoms. The number of fused-ring (bicyclic) bond motifs is 3. The predicted molar refractivity (Wildman–Crippen MR) is 114 cm³/mol. The largest absolute Gasteiger partial charge is 0.480 e. The van der Waals surface area contributed by atoms with Gasteiger partial charge in [-0.05, 0) is 22.3 Å². The Hall–Kier alpha value is -3.39. The third kappa shape index (κ3) is 5.21. The number of amides is 2. The molecule has 1 unspecified atom stereocenters. The summed E-state index contributed by atoms with van der Waals surface area (Å²) in [7, 11) is 2.85. The second-order valence-electron chi connectivity index (χ2n) is 7.39. The topological polar surface area (TPSA) is 105 Å².